The summed E-state index contributed by atoms with van der Waals surface area (Å²) in [5.41, 5.74) is -0.648. The first-order valence-corrected chi connectivity index (χ1v) is 11.2. The van der Waals surface area contributed by atoms with E-state index in [1.807, 2.05) is 6.07 Å². The largest absolute Gasteiger partial charge is 0.495 e. The van der Waals surface area contributed by atoms with E-state index in [0.717, 1.165) is 17.0 Å². The molecular formula is C25H17N5O8. The van der Waals surface area contributed by atoms with Crippen LogP contribution in [-0.2, 0) is 9.59 Å². The van der Waals surface area contributed by atoms with Crippen LogP contribution in [0.5, 0.6) is 5.75 Å². The number of fused-ring (bicyclic) bond motifs is 3. The van der Waals surface area contributed by atoms with E-state index < -0.39 is 51.4 Å². The molecule has 3 aliphatic rings. The number of benzene rings is 2. The topological polar surface area (TPSA) is 177 Å². The lowest BCUT2D eigenvalue weighted by Gasteiger charge is -2.32. The lowest BCUT2D eigenvalue weighted by molar-refractivity contribution is -0.385. The third-order valence-electron chi connectivity index (χ3n) is 6.90. The molecule has 2 aromatic rings. The number of carbonyl (C=O) groups is 3. The van der Waals surface area contributed by atoms with Gasteiger partial charge < -0.3 is 9.64 Å². The van der Waals surface area contributed by atoms with Crippen molar-refractivity contribution < 1.29 is 29.0 Å². The summed E-state index contributed by atoms with van der Waals surface area (Å²) in [6, 6.07) is 8.41. The Hall–Kier alpha value is -5.38. The summed E-state index contributed by atoms with van der Waals surface area (Å²) in [6.45, 7) is 0. The number of imide groups is 1. The predicted molar refractivity (Wildman–Crippen MR) is 129 cm³/mol. The van der Waals surface area contributed by atoms with Crippen molar-refractivity contribution >= 4 is 34.7 Å². The first kappa shape index (κ1) is 24.3. The number of ketones is 1. The Morgan fingerprint density at radius 1 is 1.03 bits per heavy atom. The SMILES string of the molecule is COc1ccc([N+](=O)[O-])cc1N1C(=O)[C@@H]2[C@H](C1=O)[C@H](C(=O)c1cccc([N+](=O)[O-])c1)N1C=CC(C#N)=C[C@H]21. The minimum atomic E-state index is -1.23. The van der Waals surface area contributed by atoms with E-state index in [0.29, 0.717) is 0 Å². The van der Waals surface area contributed by atoms with Crippen molar-refractivity contribution in [3.05, 3.63) is 92.2 Å². The number of hydrogen-bond donors (Lipinski definition) is 0. The molecule has 0 radical (unpaired) electrons. The van der Waals surface area contributed by atoms with Crippen LogP contribution in [0.15, 0.2) is 66.4 Å². The van der Waals surface area contributed by atoms with E-state index in [-0.39, 0.29) is 33.9 Å². The maximum atomic E-state index is 13.8. The standard InChI is InChI=1S/C25H17N5O8/c1-38-19-6-5-16(30(36)37)11-17(19)28-24(32)20-18-9-13(12-26)7-8-27(18)22(21(20)25(28)33)23(31)14-3-2-4-15(10-14)29(34)35/h2-11,18,20-22H,1H3/t18-,20+,21+,22-/m1/s1. The summed E-state index contributed by atoms with van der Waals surface area (Å²) in [6.07, 6.45) is 4.39. The second-order valence-electron chi connectivity index (χ2n) is 8.78. The molecule has 2 amide bonds. The highest BCUT2D eigenvalue weighted by atomic mass is 16.6. The highest BCUT2D eigenvalue weighted by Crippen LogP contribution is 2.48. The molecule has 3 aliphatic heterocycles. The molecule has 0 unspecified atom stereocenters. The van der Waals surface area contributed by atoms with Crippen molar-refractivity contribution in [1.82, 2.24) is 4.90 Å². The molecule has 5 rings (SSSR count). The fraction of sp³-hybridized carbons (Fsp3) is 0.200. The molecule has 0 bridgehead atoms. The quantitative estimate of drug-likeness (QED) is 0.240. The van der Waals surface area contributed by atoms with Crippen molar-refractivity contribution in [2.75, 3.05) is 12.0 Å². The van der Waals surface area contributed by atoms with Gasteiger partial charge in [-0.05, 0) is 18.2 Å². The van der Waals surface area contributed by atoms with E-state index >= 15 is 0 Å². The number of ether oxygens (including phenoxy) is 1. The predicted octanol–water partition coefficient (Wildman–Crippen LogP) is 2.53. The van der Waals surface area contributed by atoms with Gasteiger partial charge in [-0.25, -0.2) is 4.90 Å². The second kappa shape index (κ2) is 8.93. The van der Waals surface area contributed by atoms with E-state index in [9.17, 15) is 39.9 Å². The third kappa shape index (κ3) is 3.58. The second-order valence-corrected chi connectivity index (χ2v) is 8.78. The Balaban J connectivity index is 1.64. The number of allylic oxidation sites excluding steroid dienone is 2. The fourth-order valence-corrected chi connectivity index (χ4v) is 5.27. The molecule has 0 aromatic heterocycles. The summed E-state index contributed by atoms with van der Waals surface area (Å²) < 4.78 is 5.26. The van der Waals surface area contributed by atoms with Crippen LogP contribution in [0.3, 0.4) is 0 Å². The van der Waals surface area contributed by atoms with Gasteiger partial charge in [-0.15, -0.1) is 0 Å². The molecule has 0 N–H and O–H groups in total. The maximum Gasteiger partial charge on any atom is 0.271 e. The molecule has 13 nitrogen and oxygen atoms in total. The van der Waals surface area contributed by atoms with Crippen LogP contribution < -0.4 is 9.64 Å². The third-order valence-corrected chi connectivity index (χ3v) is 6.90. The number of nitrogens with zero attached hydrogens (tertiary/aromatic N) is 5. The molecule has 13 heteroatoms. The van der Waals surface area contributed by atoms with Crippen molar-refractivity contribution in [3.63, 3.8) is 0 Å². The van der Waals surface area contributed by atoms with Crippen molar-refractivity contribution in [2.24, 2.45) is 11.8 Å². The molecule has 2 aromatic carbocycles. The van der Waals surface area contributed by atoms with Crippen molar-refractivity contribution in [3.8, 4) is 11.8 Å². The molecule has 0 spiro atoms. The van der Waals surface area contributed by atoms with Gasteiger partial charge in [0.25, 0.3) is 11.4 Å². The zero-order valence-electron chi connectivity index (χ0n) is 19.6. The molecule has 0 aliphatic carbocycles. The number of nitriles is 1. The fourth-order valence-electron chi connectivity index (χ4n) is 5.27. The molecule has 190 valence electrons. The molecule has 3 heterocycles. The van der Waals surface area contributed by atoms with E-state index in [1.165, 1.54) is 60.7 Å². The molecule has 4 atom stereocenters. The molecular weight excluding hydrogens is 498 g/mol. The van der Waals surface area contributed by atoms with Crippen LogP contribution in [0.25, 0.3) is 0 Å². The van der Waals surface area contributed by atoms with Crippen LogP contribution in [0.2, 0.25) is 0 Å². The van der Waals surface area contributed by atoms with Crippen LogP contribution in [0, 0.1) is 43.4 Å². The molecule has 2 fully saturated rings. The minimum absolute atomic E-state index is 0.0290. The van der Waals surface area contributed by atoms with Gasteiger partial charge in [0.15, 0.2) is 5.78 Å². The number of hydrogen-bond acceptors (Lipinski definition) is 10. The van der Waals surface area contributed by atoms with Gasteiger partial charge in [0.2, 0.25) is 11.8 Å². The lowest BCUT2D eigenvalue weighted by atomic mass is 9.86. The molecule has 2 saturated heterocycles. The number of methoxy groups -OCH3 is 1. The molecule has 38 heavy (non-hydrogen) atoms. The highest BCUT2D eigenvalue weighted by Gasteiger charge is 2.64. The zero-order chi connectivity index (χ0) is 27.3. The number of nitro groups is 2. The zero-order valence-corrected chi connectivity index (χ0v) is 19.6. The highest BCUT2D eigenvalue weighted by molar-refractivity contribution is 6.25. The van der Waals surface area contributed by atoms with Crippen LogP contribution >= 0.6 is 0 Å². The Bertz CT molecular complexity index is 1540. The summed E-state index contributed by atoms with van der Waals surface area (Å²) in [5, 5.41) is 32.1. The Morgan fingerprint density at radius 3 is 2.37 bits per heavy atom. The smallest absolute Gasteiger partial charge is 0.271 e. The number of amides is 2. The van der Waals surface area contributed by atoms with Gasteiger partial charge in [-0.2, -0.15) is 5.26 Å². The van der Waals surface area contributed by atoms with Gasteiger partial charge in [0.05, 0.1) is 46.5 Å². The summed E-state index contributed by atoms with van der Waals surface area (Å²) >= 11 is 0. The number of rotatable bonds is 6. The number of nitro benzene ring substituents is 2. The maximum absolute atomic E-state index is 13.8. The Labute approximate surface area is 214 Å². The van der Waals surface area contributed by atoms with Gasteiger partial charge >= 0.3 is 0 Å². The Morgan fingerprint density at radius 2 is 1.71 bits per heavy atom. The monoisotopic (exact) mass is 515 g/mol. The van der Waals surface area contributed by atoms with Gasteiger partial charge in [-0.3, -0.25) is 34.6 Å². The summed E-state index contributed by atoms with van der Waals surface area (Å²) in [7, 11) is 1.28. The Kier molecular flexibility index (Phi) is 5.71. The van der Waals surface area contributed by atoms with E-state index in [2.05, 4.69) is 0 Å². The first-order chi connectivity index (χ1) is 18.2. The van der Waals surface area contributed by atoms with Gasteiger partial charge in [0, 0.05) is 36.0 Å². The van der Waals surface area contributed by atoms with Crippen LogP contribution in [-0.4, -0.2) is 51.5 Å². The molecule has 0 saturated carbocycles. The average Bonchev–Trinajstić information content (AvgIpc) is 3.39. The van der Waals surface area contributed by atoms with Crippen molar-refractivity contribution in [2.45, 2.75) is 12.1 Å². The number of carbonyl (C=O) groups excluding carboxylic acids is 3. The van der Waals surface area contributed by atoms with E-state index in [1.54, 1.807) is 0 Å². The number of Topliss-reactive ketones (excluding diaryl/α,β-unsaturated/α-hetero) is 1. The minimum Gasteiger partial charge on any atom is -0.495 e. The van der Waals surface area contributed by atoms with E-state index in [4.69, 9.17) is 4.74 Å². The lowest BCUT2D eigenvalue weighted by Crippen LogP contribution is -2.46. The van der Waals surface area contributed by atoms with Gasteiger partial charge in [0.1, 0.15) is 17.5 Å². The average molecular weight is 515 g/mol. The van der Waals surface area contributed by atoms with Crippen molar-refractivity contribution in [1.29, 1.82) is 5.26 Å². The van der Waals surface area contributed by atoms with Crippen LogP contribution in [0.1, 0.15) is 10.4 Å². The summed E-state index contributed by atoms with van der Waals surface area (Å²) in [4.78, 5) is 65.0. The number of non-ortho nitro benzene ring substituents is 2. The number of anilines is 1. The van der Waals surface area contributed by atoms with Crippen LogP contribution in [0.4, 0.5) is 17.1 Å². The normalized spacial score (nSPS) is 23.4. The summed E-state index contributed by atoms with van der Waals surface area (Å²) in [5.74, 6) is -4.43. The first-order valence-electron chi connectivity index (χ1n) is 11.2. The van der Waals surface area contributed by atoms with Gasteiger partial charge in [-0.1, -0.05) is 12.1 Å².